The molecule has 0 aliphatic carbocycles. The molecule has 302 valence electrons. The quantitative estimate of drug-likeness (QED) is 0.0815. The zero-order valence-electron chi connectivity index (χ0n) is 32.7. The summed E-state index contributed by atoms with van der Waals surface area (Å²) in [4.78, 5) is 69.8. The lowest BCUT2D eigenvalue weighted by Crippen LogP contribution is -2.21. The van der Waals surface area contributed by atoms with Crippen molar-refractivity contribution in [1.29, 1.82) is 0 Å². The van der Waals surface area contributed by atoms with Crippen LogP contribution < -0.4 is 33.2 Å². The van der Waals surface area contributed by atoms with E-state index in [2.05, 4.69) is 41.1 Å². The van der Waals surface area contributed by atoms with Crippen molar-refractivity contribution in [3.05, 3.63) is 107 Å². The van der Waals surface area contributed by atoms with Crippen molar-refractivity contribution in [3.8, 4) is 0 Å². The van der Waals surface area contributed by atoms with E-state index in [0.717, 1.165) is 5.56 Å². The molecule has 0 spiro atoms. The first-order valence-corrected chi connectivity index (χ1v) is 18.6. The van der Waals surface area contributed by atoms with Gasteiger partial charge in [0.05, 0.1) is 39.4 Å². The van der Waals surface area contributed by atoms with Gasteiger partial charge in [-0.25, -0.2) is 15.0 Å². The van der Waals surface area contributed by atoms with Crippen LogP contribution in [-0.2, 0) is 32.7 Å². The average molecular weight is 799 g/mol. The Bertz CT molecular complexity index is 2790. The number of allylic oxidation sites excluding steroid dienone is 2. The number of pyridine rings is 2. The number of fused-ring (bicyclic) bond motifs is 2. The smallest absolute Gasteiger partial charge is 0.278 e. The van der Waals surface area contributed by atoms with E-state index in [4.69, 9.17) is 22.2 Å². The van der Waals surface area contributed by atoms with Crippen LogP contribution in [0, 0.1) is 13.8 Å². The van der Waals surface area contributed by atoms with Gasteiger partial charge >= 0.3 is 0 Å². The van der Waals surface area contributed by atoms with Gasteiger partial charge in [0.25, 0.3) is 11.8 Å². The van der Waals surface area contributed by atoms with E-state index in [-0.39, 0.29) is 47.5 Å². The Balaban J connectivity index is 1.27. The van der Waals surface area contributed by atoms with E-state index in [0.29, 0.717) is 64.6 Å². The second-order valence-electron chi connectivity index (χ2n) is 13.5. The molecule has 20 nitrogen and oxygen atoms in total. The maximum atomic E-state index is 13.7. The number of hydrogen-bond acceptors (Lipinski definition) is 12. The van der Waals surface area contributed by atoms with E-state index >= 15 is 0 Å². The molecule has 0 saturated heterocycles. The number of nitrogens with one attached hydrogen (secondary N) is 3. The Morgan fingerprint density at radius 1 is 0.780 bits per heavy atom. The zero-order chi connectivity index (χ0) is 42.0. The normalized spacial score (nSPS) is 11.5. The summed E-state index contributed by atoms with van der Waals surface area (Å²) in [6.07, 6.45) is 8.37. The highest BCUT2D eigenvalue weighted by Crippen LogP contribution is 2.30. The van der Waals surface area contributed by atoms with E-state index in [1.54, 1.807) is 58.3 Å². The van der Waals surface area contributed by atoms with Gasteiger partial charge in [0.15, 0.2) is 5.65 Å². The molecular formula is C39H42N16O4. The molecule has 7 rings (SSSR count). The van der Waals surface area contributed by atoms with E-state index in [1.165, 1.54) is 16.9 Å². The first-order chi connectivity index (χ1) is 28.4. The fourth-order valence-corrected chi connectivity index (χ4v) is 6.65. The molecular weight excluding hydrogens is 757 g/mol. The monoisotopic (exact) mass is 798 g/mol. The van der Waals surface area contributed by atoms with Crippen LogP contribution in [0.15, 0.2) is 67.1 Å². The number of benzene rings is 1. The van der Waals surface area contributed by atoms with Crippen LogP contribution in [0.3, 0.4) is 0 Å². The molecule has 20 heteroatoms. The van der Waals surface area contributed by atoms with Crippen LogP contribution in [0.4, 0.5) is 23.3 Å². The van der Waals surface area contributed by atoms with Crippen molar-refractivity contribution < 1.29 is 19.2 Å². The highest BCUT2D eigenvalue weighted by atomic mass is 16.2. The molecule has 9 N–H and O–H groups in total. The second kappa shape index (κ2) is 16.3. The molecule has 4 amide bonds. The zero-order valence-corrected chi connectivity index (χ0v) is 32.7. The van der Waals surface area contributed by atoms with Crippen molar-refractivity contribution in [2.24, 2.45) is 11.5 Å². The van der Waals surface area contributed by atoms with Crippen molar-refractivity contribution >= 4 is 69.1 Å². The molecule has 0 atom stereocenters. The fraction of sp³-hybridized carbons (Fsp3) is 0.231. The van der Waals surface area contributed by atoms with E-state index in [9.17, 15) is 19.2 Å². The summed E-state index contributed by atoms with van der Waals surface area (Å²) in [7, 11) is 0. The highest BCUT2D eigenvalue weighted by Gasteiger charge is 2.24. The number of aryl methyl sites for hydroxylation is 4. The lowest BCUT2D eigenvalue weighted by molar-refractivity contribution is 0.0992. The lowest BCUT2D eigenvalue weighted by Gasteiger charge is -2.13. The Labute approximate surface area is 336 Å². The third-order valence-electron chi connectivity index (χ3n) is 9.54. The van der Waals surface area contributed by atoms with E-state index in [1.807, 2.05) is 38.1 Å². The minimum Gasteiger partial charge on any atom is -0.395 e. The molecule has 59 heavy (non-hydrogen) atoms. The van der Waals surface area contributed by atoms with Crippen LogP contribution in [0.5, 0.6) is 0 Å². The van der Waals surface area contributed by atoms with Gasteiger partial charge in [-0.2, -0.15) is 10.2 Å². The van der Waals surface area contributed by atoms with Crippen LogP contribution >= 0.6 is 0 Å². The summed E-state index contributed by atoms with van der Waals surface area (Å²) in [5.74, 6) is -1.96. The number of carbonyl (C=O) groups is 4. The topological polar surface area (TPSA) is 279 Å². The van der Waals surface area contributed by atoms with Gasteiger partial charge in [0, 0.05) is 56.9 Å². The highest BCUT2D eigenvalue weighted by molar-refractivity contribution is 6.07. The Kier molecular flexibility index (Phi) is 10.9. The van der Waals surface area contributed by atoms with Gasteiger partial charge in [-0.05, 0) is 69.7 Å². The minimum absolute atomic E-state index is 0.134. The Morgan fingerprint density at radius 2 is 1.42 bits per heavy atom. The number of hydrogen-bond donors (Lipinski definition) is 6. The number of nitrogens with zero attached hydrogens (tertiary/aromatic N) is 10. The molecule has 0 fully saturated rings. The van der Waals surface area contributed by atoms with Gasteiger partial charge in [-0.1, -0.05) is 12.2 Å². The molecule has 6 heterocycles. The number of amides is 4. The summed E-state index contributed by atoms with van der Waals surface area (Å²) in [5.41, 5.74) is 23.0. The third-order valence-corrected chi connectivity index (χ3v) is 9.54. The summed E-state index contributed by atoms with van der Waals surface area (Å²) in [6.45, 7) is 8.84. The van der Waals surface area contributed by atoms with Crippen LogP contribution in [0.2, 0.25) is 0 Å². The lowest BCUT2D eigenvalue weighted by atomic mass is 10.1. The predicted octanol–water partition coefficient (Wildman–Crippen LogP) is 3.38. The maximum absolute atomic E-state index is 13.7. The molecule has 7 aromatic rings. The Hall–Kier alpha value is -7.90. The maximum Gasteiger partial charge on any atom is 0.278 e. The first-order valence-electron chi connectivity index (χ1n) is 18.6. The van der Waals surface area contributed by atoms with Gasteiger partial charge in [0.2, 0.25) is 23.7 Å². The molecule has 0 aliphatic rings. The third kappa shape index (κ3) is 7.90. The SMILES string of the molecule is CCn1nc(C)cc1C(=O)Nc1nc2cc(C(N)=O)cc(NCc3ccncc3)c2n1C/C=C/Cn1c(NC(=O)c2c(N)c(C)nn2CC)nc2cc(C(N)=O)cnc21. The number of anilines is 4. The standard InChI is InChI=1S/C39H42N16O4/c1-5-54-29(15-21(3)50-54)36(58)48-38-46-27-17-24(33(41)56)16-26(44-19-23-9-11-43-12-10-23)31(27)52(38)13-7-8-14-53-35-28(18-25(20-45-35)34(42)57)47-39(53)49-37(59)32-30(40)22(4)51-55(32)6-2/h7-12,15-18,20,44H,5-6,13-14,19,40H2,1-4H3,(H2,41,56)(H2,42,57)(H,46,48,58)(H,47,49,59)/b8-7+. The van der Waals surface area contributed by atoms with Crippen LogP contribution in [0.1, 0.15) is 72.5 Å². The average Bonchev–Trinajstić information content (AvgIpc) is 3.96. The number of carbonyl (C=O) groups excluding carboxylic acids is 4. The van der Waals surface area contributed by atoms with Gasteiger partial charge in [-0.15, -0.1) is 0 Å². The van der Waals surface area contributed by atoms with Gasteiger partial charge in [-0.3, -0.25) is 48.7 Å². The fourth-order valence-electron chi connectivity index (χ4n) is 6.65. The van der Waals surface area contributed by atoms with E-state index < -0.39 is 23.6 Å². The minimum atomic E-state index is -0.683. The number of rotatable bonds is 15. The predicted molar refractivity (Wildman–Crippen MR) is 221 cm³/mol. The molecule has 6 aromatic heterocycles. The first kappa shape index (κ1) is 39.3. The summed E-state index contributed by atoms with van der Waals surface area (Å²) >= 11 is 0. The molecule has 0 bridgehead atoms. The van der Waals surface area contributed by atoms with Crippen LogP contribution in [0.25, 0.3) is 22.2 Å². The van der Waals surface area contributed by atoms with Gasteiger partial charge in [0.1, 0.15) is 16.9 Å². The Morgan fingerprint density at radius 3 is 2.12 bits per heavy atom. The molecule has 0 saturated carbocycles. The molecule has 1 aromatic carbocycles. The number of imidazole rings is 2. The largest absolute Gasteiger partial charge is 0.395 e. The van der Waals surface area contributed by atoms with Crippen molar-refractivity contribution in [3.63, 3.8) is 0 Å². The van der Waals surface area contributed by atoms with Gasteiger partial charge < -0.3 is 27.1 Å². The summed E-state index contributed by atoms with van der Waals surface area (Å²) < 4.78 is 6.56. The summed E-state index contributed by atoms with van der Waals surface area (Å²) in [6, 6.07) is 10.1. The second-order valence-corrected chi connectivity index (χ2v) is 13.5. The van der Waals surface area contributed by atoms with Crippen LogP contribution in [-0.4, -0.2) is 72.3 Å². The van der Waals surface area contributed by atoms with Crippen molar-refractivity contribution in [2.75, 3.05) is 21.7 Å². The van der Waals surface area contributed by atoms with Crippen molar-refractivity contribution in [1.82, 2.24) is 48.6 Å². The molecule has 0 radical (unpaired) electrons. The molecule has 0 unspecified atom stereocenters. The number of primary amides is 2. The van der Waals surface area contributed by atoms with Crippen molar-refractivity contribution in [2.45, 2.75) is 60.4 Å². The number of nitrogens with two attached hydrogens (primary N) is 3. The summed E-state index contributed by atoms with van der Waals surface area (Å²) in [5, 5.41) is 18.0. The molecule has 0 aliphatic heterocycles. The number of nitrogen functional groups attached to an aromatic ring is 1. The number of aromatic nitrogens is 10.